The van der Waals surface area contributed by atoms with E-state index >= 15 is 0 Å². The normalized spacial score (nSPS) is 10.8. The van der Waals surface area contributed by atoms with Gasteiger partial charge in [-0.3, -0.25) is 4.98 Å². The van der Waals surface area contributed by atoms with Gasteiger partial charge in [-0.25, -0.2) is 4.98 Å². The van der Waals surface area contributed by atoms with Gasteiger partial charge in [0, 0.05) is 30.7 Å². The van der Waals surface area contributed by atoms with E-state index in [0.29, 0.717) is 5.69 Å². The average molecular weight is 271 g/mol. The van der Waals surface area contributed by atoms with Gasteiger partial charge in [-0.1, -0.05) is 0 Å². The minimum Gasteiger partial charge on any atom is -0.396 e. The number of aromatic nitrogens is 2. The van der Waals surface area contributed by atoms with Crippen LogP contribution in [0.5, 0.6) is 0 Å². The molecule has 0 fully saturated rings. The molecule has 0 unspecified atom stereocenters. The van der Waals surface area contributed by atoms with Crippen molar-refractivity contribution in [3.8, 4) is 11.1 Å². The lowest BCUT2D eigenvalue weighted by molar-refractivity contribution is 0.405. The fourth-order valence-corrected chi connectivity index (χ4v) is 1.93. The summed E-state index contributed by atoms with van der Waals surface area (Å²) in [7, 11) is 4.13. The van der Waals surface area contributed by atoms with Crippen LogP contribution in [0.4, 0.5) is 11.5 Å². The van der Waals surface area contributed by atoms with Crippen molar-refractivity contribution in [2.24, 2.45) is 0 Å². The molecule has 0 aliphatic rings. The zero-order valence-corrected chi connectivity index (χ0v) is 12.0. The van der Waals surface area contributed by atoms with E-state index in [0.717, 1.165) is 36.5 Å². The topological polar surface area (TPSA) is 67.1 Å². The maximum absolute atomic E-state index is 6.05. The van der Waals surface area contributed by atoms with Gasteiger partial charge in [0.05, 0.1) is 5.69 Å². The quantitative estimate of drug-likeness (QED) is 0.787. The second-order valence-electron chi connectivity index (χ2n) is 4.98. The van der Waals surface area contributed by atoms with Crippen LogP contribution in [0.15, 0.2) is 36.8 Å². The van der Waals surface area contributed by atoms with Crippen molar-refractivity contribution in [3.63, 3.8) is 0 Å². The second-order valence-corrected chi connectivity index (χ2v) is 4.98. The summed E-state index contributed by atoms with van der Waals surface area (Å²) in [5, 5.41) is 3.27. The summed E-state index contributed by atoms with van der Waals surface area (Å²) in [6.07, 6.45) is 6.41. The van der Waals surface area contributed by atoms with Gasteiger partial charge in [0.2, 0.25) is 0 Å². The van der Waals surface area contributed by atoms with Gasteiger partial charge in [-0.05, 0) is 50.8 Å². The van der Waals surface area contributed by atoms with Gasteiger partial charge in [0.15, 0.2) is 0 Å². The molecule has 2 rings (SSSR count). The lowest BCUT2D eigenvalue weighted by atomic mass is 10.1. The number of pyridine rings is 2. The van der Waals surface area contributed by atoms with Gasteiger partial charge < -0.3 is 16.0 Å². The predicted octanol–water partition coefficient (Wildman–Crippen LogP) is 2.09. The van der Waals surface area contributed by atoms with Crippen LogP contribution in [0.25, 0.3) is 11.1 Å². The van der Waals surface area contributed by atoms with Crippen LogP contribution in [-0.4, -0.2) is 42.1 Å². The molecule has 2 aromatic rings. The molecule has 0 aliphatic heterocycles. The van der Waals surface area contributed by atoms with Crippen molar-refractivity contribution >= 4 is 11.5 Å². The molecule has 0 bridgehead atoms. The minimum absolute atomic E-state index is 0.671. The smallest absolute Gasteiger partial charge is 0.149 e. The Hall–Kier alpha value is -2.14. The lowest BCUT2D eigenvalue weighted by Crippen LogP contribution is -2.17. The molecule has 5 heteroatoms. The Balaban J connectivity index is 1.99. The second kappa shape index (κ2) is 6.86. The third kappa shape index (κ3) is 3.93. The van der Waals surface area contributed by atoms with Crippen LogP contribution >= 0.6 is 0 Å². The predicted molar refractivity (Wildman–Crippen MR) is 83.5 cm³/mol. The zero-order valence-electron chi connectivity index (χ0n) is 12.0. The largest absolute Gasteiger partial charge is 0.396 e. The first kappa shape index (κ1) is 14.3. The minimum atomic E-state index is 0.671. The fourth-order valence-electron chi connectivity index (χ4n) is 1.93. The molecule has 0 saturated heterocycles. The SMILES string of the molecule is CN(C)CCCNc1ncc(-c2ccncc2)cc1N. The van der Waals surface area contributed by atoms with Crippen LogP contribution in [0.1, 0.15) is 6.42 Å². The first-order valence-electron chi connectivity index (χ1n) is 6.71. The molecule has 0 atom stereocenters. The summed E-state index contributed by atoms with van der Waals surface area (Å²) in [5.41, 5.74) is 8.79. The Labute approximate surface area is 119 Å². The van der Waals surface area contributed by atoms with Crippen LogP contribution in [0.3, 0.4) is 0 Å². The molecule has 0 spiro atoms. The summed E-state index contributed by atoms with van der Waals surface area (Å²) in [6, 6.07) is 5.83. The molecule has 0 saturated carbocycles. The van der Waals surface area contributed by atoms with Crippen molar-refractivity contribution < 1.29 is 0 Å². The highest BCUT2D eigenvalue weighted by Crippen LogP contribution is 2.24. The fraction of sp³-hybridized carbons (Fsp3) is 0.333. The van der Waals surface area contributed by atoms with Crippen molar-refractivity contribution in [3.05, 3.63) is 36.8 Å². The van der Waals surface area contributed by atoms with Gasteiger partial charge in [0.25, 0.3) is 0 Å². The Morgan fingerprint density at radius 3 is 2.60 bits per heavy atom. The maximum Gasteiger partial charge on any atom is 0.149 e. The molecule has 0 aromatic carbocycles. The van der Waals surface area contributed by atoms with E-state index in [2.05, 4.69) is 34.3 Å². The molecule has 106 valence electrons. The molecule has 0 amide bonds. The number of nitrogens with one attached hydrogen (secondary N) is 1. The first-order valence-corrected chi connectivity index (χ1v) is 6.71. The van der Waals surface area contributed by atoms with Gasteiger partial charge in [-0.15, -0.1) is 0 Å². The van der Waals surface area contributed by atoms with Crippen LogP contribution in [0, 0.1) is 0 Å². The first-order chi connectivity index (χ1) is 9.66. The third-order valence-corrected chi connectivity index (χ3v) is 3.01. The van der Waals surface area contributed by atoms with Crippen molar-refractivity contribution in [2.75, 3.05) is 38.2 Å². The van der Waals surface area contributed by atoms with Crippen molar-refractivity contribution in [1.29, 1.82) is 0 Å². The standard InChI is InChI=1S/C15H21N5/c1-20(2)9-3-6-18-15-14(16)10-13(11-19-15)12-4-7-17-8-5-12/h4-5,7-8,10-11H,3,6,9,16H2,1-2H3,(H,18,19). The van der Waals surface area contributed by atoms with E-state index in [-0.39, 0.29) is 0 Å². The number of rotatable bonds is 6. The molecule has 5 nitrogen and oxygen atoms in total. The Morgan fingerprint density at radius 1 is 1.20 bits per heavy atom. The number of hydrogen-bond donors (Lipinski definition) is 2. The number of nitrogens with two attached hydrogens (primary N) is 1. The number of hydrogen-bond acceptors (Lipinski definition) is 5. The van der Waals surface area contributed by atoms with Crippen LogP contribution < -0.4 is 11.1 Å². The number of nitrogen functional groups attached to an aromatic ring is 1. The highest BCUT2D eigenvalue weighted by Gasteiger charge is 2.04. The Morgan fingerprint density at radius 2 is 1.95 bits per heavy atom. The van der Waals surface area contributed by atoms with E-state index < -0.39 is 0 Å². The molecule has 2 heterocycles. The van der Waals surface area contributed by atoms with E-state index in [1.807, 2.05) is 24.4 Å². The molecule has 0 radical (unpaired) electrons. The molecule has 2 aromatic heterocycles. The zero-order chi connectivity index (χ0) is 14.4. The molecular weight excluding hydrogens is 250 g/mol. The highest BCUT2D eigenvalue weighted by atomic mass is 15.1. The van der Waals surface area contributed by atoms with E-state index in [1.165, 1.54) is 0 Å². The van der Waals surface area contributed by atoms with Crippen molar-refractivity contribution in [1.82, 2.24) is 14.9 Å². The Bertz CT molecular complexity index is 539. The van der Waals surface area contributed by atoms with Crippen molar-refractivity contribution in [2.45, 2.75) is 6.42 Å². The number of nitrogens with zero attached hydrogens (tertiary/aromatic N) is 3. The molecule has 20 heavy (non-hydrogen) atoms. The summed E-state index contributed by atoms with van der Waals surface area (Å²) < 4.78 is 0. The lowest BCUT2D eigenvalue weighted by Gasteiger charge is -2.12. The number of anilines is 2. The summed E-state index contributed by atoms with van der Waals surface area (Å²) >= 11 is 0. The summed E-state index contributed by atoms with van der Waals surface area (Å²) in [6.45, 7) is 1.91. The third-order valence-electron chi connectivity index (χ3n) is 3.01. The summed E-state index contributed by atoms with van der Waals surface area (Å²) in [5.74, 6) is 0.751. The van der Waals surface area contributed by atoms with Gasteiger partial charge >= 0.3 is 0 Å². The van der Waals surface area contributed by atoms with E-state index in [9.17, 15) is 0 Å². The Kier molecular flexibility index (Phi) is 4.90. The average Bonchev–Trinajstić information content (AvgIpc) is 2.45. The van der Waals surface area contributed by atoms with Crippen LogP contribution in [-0.2, 0) is 0 Å². The van der Waals surface area contributed by atoms with E-state index in [4.69, 9.17) is 5.73 Å². The molecular formula is C15H21N5. The molecule has 0 aliphatic carbocycles. The van der Waals surface area contributed by atoms with Gasteiger partial charge in [-0.2, -0.15) is 0 Å². The monoisotopic (exact) mass is 271 g/mol. The van der Waals surface area contributed by atoms with Gasteiger partial charge in [0.1, 0.15) is 5.82 Å². The summed E-state index contributed by atoms with van der Waals surface area (Å²) in [4.78, 5) is 10.6. The van der Waals surface area contributed by atoms with Crippen LogP contribution in [0.2, 0.25) is 0 Å². The highest BCUT2D eigenvalue weighted by molar-refractivity contribution is 5.72. The molecule has 3 N–H and O–H groups in total. The van der Waals surface area contributed by atoms with E-state index in [1.54, 1.807) is 12.4 Å². The maximum atomic E-state index is 6.05.